The molecule has 1 aromatic heterocycles. The number of ether oxygens (including phenoxy) is 1. The Labute approximate surface area is 147 Å². The van der Waals surface area contributed by atoms with Gasteiger partial charge in [0.05, 0.1) is 5.69 Å². The van der Waals surface area contributed by atoms with Crippen molar-refractivity contribution in [1.82, 2.24) is 10.1 Å². The molecule has 2 heterocycles. The summed E-state index contributed by atoms with van der Waals surface area (Å²) in [5.41, 5.74) is 0.341. The van der Waals surface area contributed by atoms with Crippen LogP contribution in [0, 0.1) is 6.92 Å². The maximum Gasteiger partial charge on any atom is 0.259 e. The van der Waals surface area contributed by atoms with Crippen LogP contribution < -0.4 is 4.74 Å². The molecule has 0 aliphatic carbocycles. The summed E-state index contributed by atoms with van der Waals surface area (Å²) in [6.45, 7) is 4.91. The maximum absolute atomic E-state index is 12.8. The minimum Gasteiger partial charge on any atom is -0.491 e. The van der Waals surface area contributed by atoms with Gasteiger partial charge in [-0.1, -0.05) is 30.3 Å². The van der Waals surface area contributed by atoms with Gasteiger partial charge < -0.3 is 19.3 Å². The molecule has 134 valence electrons. The summed E-state index contributed by atoms with van der Waals surface area (Å²) in [5, 5.41) is 14.7. The molecule has 1 saturated heterocycles. The average Bonchev–Trinajstić information content (AvgIpc) is 3.02. The van der Waals surface area contributed by atoms with Gasteiger partial charge in [-0.2, -0.15) is 0 Å². The molecule has 3 rings (SSSR count). The van der Waals surface area contributed by atoms with Crippen LogP contribution >= 0.6 is 0 Å². The molecule has 1 aliphatic heterocycles. The zero-order valence-corrected chi connectivity index (χ0v) is 14.7. The number of hydrogen-bond acceptors (Lipinski definition) is 5. The lowest BCUT2D eigenvalue weighted by Gasteiger charge is -2.37. The van der Waals surface area contributed by atoms with E-state index in [0.29, 0.717) is 49.4 Å². The number of hydrogen-bond donors (Lipinski definition) is 1. The molecule has 0 bridgehead atoms. The normalized spacial score (nSPS) is 16.7. The Balaban J connectivity index is 1.59. The number of para-hydroxylation sites is 1. The maximum atomic E-state index is 12.8. The van der Waals surface area contributed by atoms with Gasteiger partial charge >= 0.3 is 0 Å². The van der Waals surface area contributed by atoms with Gasteiger partial charge in [-0.25, -0.2) is 0 Å². The van der Waals surface area contributed by atoms with Crippen molar-refractivity contribution in [2.24, 2.45) is 0 Å². The lowest BCUT2D eigenvalue weighted by molar-refractivity contribution is -0.0475. The summed E-state index contributed by atoms with van der Waals surface area (Å²) >= 11 is 0. The van der Waals surface area contributed by atoms with Crippen molar-refractivity contribution in [2.75, 3.05) is 19.7 Å². The molecule has 6 nitrogen and oxygen atoms in total. The molecule has 1 amide bonds. The van der Waals surface area contributed by atoms with Crippen molar-refractivity contribution < 1.29 is 19.2 Å². The molecular weight excluding hydrogens is 320 g/mol. The number of aryl methyl sites for hydroxylation is 2. The number of likely N-dealkylation sites (tertiary alicyclic amines) is 1. The summed E-state index contributed by atoms with van der Waals surface area (Å²) in [6.07, 6.45) is 1.62. The van der Waals surface area contributed by atoms with Gasteiger partial charge in [-0.15, -0.1) is 0 Å². The van der Waals surface area contributed by atoms with E-state index in [-0.39, 0.29) is 12.5 Å². The van der Waals surface area contributed by atoms with Gasteiger partial charge in [0.1, 0.15) is 29.3 Å². The second-order valence-corrected chi connectivity index (χ2v) is 6.53. The number of carbonyl (C=O) groups is 1. The molecule has 0 atom stereocenters. The Morgan fingerprint density at radius 2 is 2.00 bits per heavy atom. The number of aliphatic hydroxyl groups is 1. The largest absolute Gasteiger partial charge is 0.491 e. The molecule has 1 N–H and O–H groups in total. The highest BCUT2D eigenvalue weighted by Crippen LogP contribution is 2.26. The van der Waals surface area contributed by atoms with Crippen LogP contribution in [-0.2, 0) is 6.42 Å². The zero-order valence-electron chi connectivity index (χ0n) is 14.7. The molecule has 1 aromatic carbocycles. The van der Waals surface area contributed by atoms with Crippen molar-refractivity contribution in [3.8, 4) is 5.75 Å². The quantitative estimate of drug-likeness (QED) is 0.902. The highest BCUT2D eigenvalue weighted by molar-refractivity contribution is 5.96. The van der Waals surface area contributed by atoms with E-state index < -0.39 is 5.60 Å². The van der Waals surface area contributed by atoms with Crippen LogP contribution in [0.25, 0.3) is 0 Å². The Bertz CT molecular complexity index is 718. The number of aromatic nitrogens is 1. The van der Waals surface area contributed by atoms with Crippen molar-refractivity contribution >= 4 is 5.91 Å². The minimum absolute atomic E-state index is 0.0679. The van der Waals surface area contributed by atoms with Gasteiger partial charge in [0, 0.05) is 13.1 Å². The zero-order chi connectivity index (χ0) is 17.9. The van der Waals surface area contributed by atoms with Crippen LogP contribution in [0.15, 0.2) is 34.9 Å². The number of benzene rings is 1. The predicted molar refractivity (Wildman–Crippen MR) is 92.6 cm³/mol. The summed E-state index contributed by atoms with van der Waals surface area (Å²) in [6, 6.07) is 9.44. The van der Waals surface area contributed by atoms with Gasteiger partial charge in [0.15, 0.2) is 0 Å². The molecule has 0 unspecified atom stereocenters. The fraction of sp³-hybridized carbons (Fsp3) is 0.474. The molecular formula is C19H24N2O4. The lowest BCUT2D eigenvalue weighted by Crippen LogP contribution is -2.49. The smallest absolute Gasteiger partial charge is 0.259 e. The Morgan fingerprint density at radius 3 is 2.64 bits per heavy atom. The van der Waals surface area contributed by atoms with Crippen LogP contribution in [0.2, 0.25) is 0 Å². The van der Waals surface area contributed by atoms with Gasteiger partial charge in [0.2, 0.25) is 0 Å². The van der Waals surface area contributed by atoms with Crippen LogP contribution in [0.4, 0.5) is 0 Å². The predicted octanol–water partition coefficient (Wildman–Crippen LogP) is 2.59. The highest BCUT2D eigenvalue weighted by atomic mass is 16.5. The average molecular weight is 344 g/mol. The van der Waals surface area contributed by atoms with E-state index in [1.807, 2.05) is 37.3 Å². The third kappa shape index (κ3) is 3.85. The Morgan fingerprint density at radius 1 is 1.32 bits per heavy atom. The molecule has 6 heteroatoms. The minimum atomic E-state index is -0.913. The van der Waals surface area contributed by atoms with Gasteiger partial charge in [0.25, 0.3) is 5.91 Å². The number of rotatable bonds is 5. The molecule has 0 spiro atoms. The van der Waals surface area contributed by atoms with Crippen LogP contribution in [0.3, 0.4) is 0 Å². The summed E-state index contributed by atoms with van der Waals surface area (Å²) in [5.74, 6) is 1.22. The molecule has 0 radical (unpaired) electrons. The number of amides is 1. The second kappa shape index (κ2) is 7.27. The highest BCUT2D eigenvalue weighted by Gasteiger charge is 2.36. The van der Waals surface area contributed by atoms with E-state index in [1.54, 1.807) is 11.8 Å². The Kier molecular flexibility index (Phi) is 5.08. The topological polar surface area (TPSA) is 75.8 Å². The standard InChI is InChI=1S/C19H24N2O4/c1-3-16-17(14(2)25-20-16)18(22)21-11-9-19(23,10-12-21)13-24-15-7-5-4-6-8-15/h4-8,23H,3,9-13H2,1-2H3. The number of nitrogens with zero attached hydrogens (tertiary/aromatic N) is 2. The summed E-state index contributed by atoms with van der Waals surface area (Å²) < 4.78 is 10.9. The van der Waals surface area contributed by atoms with Crippen molar-refractivity contribution in [3.05, 3.63) is 47.3 Å². The monoisotopic (exact) mass is 344 g/mol. The molecule has 2 aromatic rings. The SMILES string of the molecule is CCc1noc(C)c1C(=O)N1CCC(O)(COc2ccccc2)CC1. The van der Waals surface area contributed by atoms with Crippen LogP contribution in [0.5, 0.6) is 5.75 Å². The van der Waals surface area contributed by atoms with E-state index in [0.717, 1.165) is 5.75 Å². The van der Waals surface area contributed by atoms with E-state index in [9.17, 15) is 9.90 Å². The van der Waals surface area contributed by atoms with Crippen LogP contribution in [0.1, 0.15) is 41.6 Å². The lowest BCUT2D eigenvalue weighted by atomic mass is 9.92. The Hall–Kier alpha value is -2.34. The third-order valence-electron chi connectivity index (χ3n) is 4.71. The van der Waals surface area contributed by atoms with Crippen molar-refractivity contribution in [2.45, 2.75) is 38.7 Å². The van der Waals surface area contributed by atoms with Crippen molar-refractivity contribution in [1.29, 1.82) is 0 Å². The van der Waals surface area contributed by atoms with Crippen LogP contribution in [-0.4, -0.2) is 46.4 Å². The first-order valence-corrected chi connectivity index (χ1v) is 8.67. The number of carbonyl (C=O) groups excluding carboxylic acids is 1. The van der Waals surface area contributed by atoms with Gasteiger partial charge in [-0.05, 0) is 38.3 Å². The second-order valence-electron chi connectivity index (χ2n) is 6.53. The fourth-order valence-corrected chi connectivity index (χ4v) is 3.10. The molecule has 1 aliphatic rings. The van der Waals surface area contributed by atoms with Gasteiger partial charge in [-0.3, -0.25) is 4.79 Å². The first-order valence-electron chi connectivity index (χ1n) is 8.67. The van der Waals surface area contributed by atoms with Crippen molar-refractivity contribution in [3.63, 3.8) is 0 Å². The van der Waals surface area contributed by atoms with E-state index in [1.165, 1.54) is 0 Å². The summed E-state index contributed by atoms with van der Waals surface area (Å²) in [4.78, 5) is 14.5. The fourth-order valence-electron chi connectivity index (χ4n) is 3.10. The number of piperidine rings is 1. The molecule has 25 heavy (non-hydrogen) atoms. The molecule has 1 fully saturated rings. The first-order chi connectivity index (χ1) is 12.0. The van der Waals surface area contributed by atoms with E-state index in [4.69, 9.17) is 9.26 Å². The summed E-state index contributed by atoms with van der Waals surface area (Å²) in [7, 11) is 0. The third-order valence-corrected chi connectivity index (χ3v) is 4.71. The van der Waals surface area contributed by atoms with E-state index >= 15 is 0 Å². The van der Waals surface area contributed by atoms with E-state index in [2.05, 4.69) is 5.16 Å². The first kappa shape index (κ1) is 17.5. The molecule has 0 saturated carbocycles.